The second-order valence-electron chi connectivity index (χ2n) is 7.87. The van der Waals surface area contributed by atoms with Gasteiger partial charge in [-0.05, 0) is 73.4 Å². The molecule has 0 aliphatic carbocycles. The minimum atomic E-state index is -0.901. The van der Waals surface area contributed by atoms with E-state index in [1.807, 2.05) is 24.0 Å². The predicted octanol–water partition coefficient (Wildman–Crippen LogP) is 5.74. The summed E-state index contributed by atoms with van der Waals surface area (Å²) >= 11 is 0. The number of halogens is 3. The Balaban J connectivity index is 1.52. The summed E-state index contributed by atoms with van der Waals surface area (Å²) in [4.78, 5) is 18.5. The van der Waals surface area contributed by atoms with Gasteiger partial charge in [0.05, 0.1) is 0 Å². The van der Waals surface area contributed by atoms with E-state index in [2.05, 4.69) is 10.3 Å². The molecule has 0 radical (unpaired) electrons. The highest BCUT2D eigenvalue weighted by molar-refractivity contribution is 6.04. The van der Waals surface area contributed by atoms with Gasteiger partial charge in [-0.15, -0.1) is 0 Å². The zero-order chi connectivity index (χ0) is 22.8. The minimum Gasteiger partial charge on any atom is -0.350 e. The van der Waals surface area contributed by atoms with E-state index in [4.69, 9.17) is 0 Å². The van der Waals surface area contributed by atoms with E-state index >= 15 is 0 Å². The molecule has 1 N–H and O–H groups in total. The van der Waals surface area contributed by atoms with Gasteiger partial charge in [-0.25, -0.2) is 18.2 Å². The van der Waals surface area contributed by atoms with E-state index in [-0.39, 0.29) is 5.82 Å². The molecule has 1 aromatic heterocycles. The highest BCUT2D eigenvalue weighted by atomic mass is 19.1. The number of nitrogens with zero attached hydrogens (tertiary/aromatic N) is 2. The van der Waals surface area contributed by atoms with E-state index in [1.165, 1.54) is 11.6 Å². The van der Waals surface area contributed by atoms with Gasteiger partial charge >= 0.3 is 0 Å². The fourth-order valence-corrected chi connectivity index (χ4v) is 3.85. The van der Waals surface area contributed by atoms with Crippen molar-refractivity contribution in [1.82, 2.24) is 4.98 Å². The number of hydrogen-bond donors (Lipinski definition) is 1. The van der Waals surface area contributed by atoms with Crippen molar-refractivity contribution in [3.8, 4) is 0 Å². The van der Waals surface area contributed by atoms with Gasteiger partial charge in [0, 0.05) is 25.0 Å². The number of nitrogens with one attached hydrogen (secondary N) is 1. The van der Waals surface area contributed by atoms with Gasteiger partial charge in [0.1, 0.15) is 17.2 Å². The van der Waals surface area contributed by atoms with Gasteiger partial charge in [0.15, 0.2) is 11.6 Å². The largest absolute Gasteiger partial charge is 0.350 e. The van der Waals surface area contributed by atoms with Crippen LogP contribution in [0.4, 0.5) is 24.7 Å². The fraction of sp³-hybridized carbons (Fsp3) is 0.200. The van der Waals surface area contributed by atoms with Crippen LogP contribution in [0.25, 0.3) is 5.57 Å². The van der Waals surface area contributed by atoms with E-state index in [1.54, 1.807) is 31.3 Å². The second-order valence-corrected chi connectivity index (χ2v) is 7.87. The zero-order valence-corrected chi connectivity index (χ0v) is 17.8. The molecule has 3 aromatic rings. The number of carbonyl (C=O) groups is 1. The molecule has 1 amide bonds. The number of hydrogen-bond acceptors (Lipinski definition) is 3. The lowest BCUT2D eigenvalue weighted by molar-refractivity contribution is 0.101. The smallest absolute Gasteiger partial charge is 0.261 e. The van der Waals surface area contributed by atoms with Crippen molar-refractivity contribution in [2.45, 2.75) is 20.3 Å². The van der Waals surface area contributed by atoms with E-state index in [9.17, 15) is 18.0 Å². The van der Waals surface area contributed by atoms with E-state index < -0.39 is 23.1 Å². The van der Waals surface area contributed by atoms with Crippen molar-refractivity contribution < 1.29 is 18.0 Å². The summed E-state index contributed by atoms with van der Waals surface area (Å²) in [6.45, 7) is 4.77. The summed E-state index contributed by atoms with van der Waals surface area (Å²) in [5.74, 6) is -2.69. The Bertz CT molecular complexity index is 1180. The molecule has 164 valence electrons. The van der Waals surface area contributed by atoms with Crippen LogP contribution in [0.5, 0.6) is 0 Å². The first-order valence-corrected chi connectivity index (χ1v) is 10.2. The molecule has 0 saturated heterocycles. The van der Waals surface area contributed by atoms with Gasteiger partial charge in [-0.2, -0.15) is 0 Å². The Labute approximate surface area is 184 Å². The van der Waals surface area contributed by atoms with Crippen molar-refractivity contribution in [2.75, 3.05) is 23.3 Å². The number of amides is 1. The topological polar surface area (TPSA) is 45.2 Å². The third-order valence-corrected chi connectivity index (χ3v) is 5.56. The van der Waals surface area contributed by atoms with Gasteiger partial charge in [0.25, 0.3) is 5.91 Å². The predicted molar refractivity (Wildman–Crippen MR) is 119 cm³/mol. The Hall–Kier alpha value is -3.61. The maximum atomic E-state index is 14.2. The van der Waals surface area contributed by atoms with Crippen LogP contribution in [0.2, 0.25) is 0 Å². The normalized spacial score (nSPS) is 14.0. The molecular weight excluding hydrogens is 415 g/mol. The molecule has 32 heavy (non-hydrogen) atoms. The van der Waals surface area contributed by atoms with Crippen LogP contribution in [0, 0.1) is 24.4 Å². The Morgan fingerprint density at radius 2 is 1.69 bits per heavy atom. The summed E-state index contributed by atoms with van der Waals surface area (Å²) in [5, 5.41) is 2.54. The average molecular weight is 437 g/mol. The third-order valence-electron chi connectivity index (χ3n) is 5.56. The first-order valence-electron chi connectivity index (χ1n) is 10.2. The minimum absolute atomic E-state index is 0.323. The first kappa shape index (κ1) is 21.6. The van der Waals surface area contributed by atoms with Crippen molar-refractivity contribution in [1.29, 1.82) is 0 Å². The van der Waals surface area contributed by atoms with Crippen molar-refractivity contribution >= 4 is 23.0 Å². The van der Waals surface area contributed by atoms with Gasteiger partial charge in [-0.1, -0.05) is 17.7 Å². The lowest BCUT2D eigenvalue weighted by atomic mass is 9.94. The lowest BCUT2D eigenvalue weighted by Crippen LogP contribution is -2.32. The van der Waals surface area contributed by atoms with Crippen LogP contribution in [0.15, 0.2) is 60.3 Å². The standard InChI is InChI=1S/C25H22F3N3O/c1-15-12-21(27)23(22(28)13-15)25(32)30-18-7-5-17(6-8-18)19-14-31(11-9-16(19)2)24-20(26)4-3-10-29-24/h3-8,10,12-13H,9,11,14H2,1-2H3,(H,30,32). The summed E-state index contributed by atoms with van der Waals surface area (Å²) in [6, 6.07) is 12.2. The molecule has 0 spiro atoms. The molecule has 2 heterocycles. The van der Waals surface area contributed by atoms with Gasteiger partial charge < -0.3 is 10.2 Å². The molecule has 4 nitrogen and oxygen atoms in total. The van der Waals surface area contributed by atoms with Crippen LogP contribution in [-0.2, 0) is 0 Å². The monoisotopic (exact) mass is 437 g/mol. The average Bonchev–Trinajstić information content (AvgIpc) is 2.74. The van der Waals surface area contributed by atoms with Crippen molar-refractivity contribution in [2.24, 2.45) is 0 Å². The zero-order valence-electron chi connectivity index (χ0n) is 17.8. The number of benzene rings is 2. The molecule has 2 aromatic carbocycles. The van der Waals surface area contributed by atoms with Gasteiger partial charge in [-0.3, -0.25) is 4.79 Å². The fourth-order valence-electron chi connectivity index (χ4n) is 3.85. The summed E-state index contributed by atoms with van der Waals surface area (Å²) in [7, 11) is 0. The Morgan fingerprint density at radius 1 is 1.00 bits per heavy atom. The molecule has 4 rings (SSSR count). The van der Waals surface area contributed by atoms with E-state index in [0.717, 1.165) is 29.7 Å². The van der Waals surface area contributed by atoms with Gasteiger partial charge in [0.2, 0.25) is 0 Å². The maximum Gasteiger partial charge on any atom is 0.261 e. The summed E-state index contributed by atoms with van der Waals surface area (Å²) < 4.78 is 42.3. The Morgan fingerprint density at radius 3 is 2.34 bits per heavy atom. The van der Waals surface area contributed by atoms with Crippen LogP contribution < -0.4 is 10.2 Å². The SMILES string of the molecule is CC1=C(c2ccc(NC(=O)c3c(F)cc(C)cc3F)cc2)CN(c2ncccc2F)CC1. The van der Waals surface area contributed by atoms with Crippen LogP contribution >= 0.6 is 0 Å². The molecule has 0 unspecified atom stereocenters. The van der Waals surface area contributed by atoms with Crippen molar-refractivity contribution in [3.05, 3.63) is 94.4 Å². The van der Waals surface area contributed by atoms with Crippen LogP contribution in [0.1, 0.15) is 34.8 Å². The molecule has 0 fully saturated rings. The summed E-state index contributed by atoms with van der Waals surface area (Å²) in [6.07, 6.45) is 2.34. The number of carbonyl (C=O) groups excluding carboxylic acids is 1. The molecule has 0 saturated carbocycles. The quantitative estimate of drug-likeness (QED) is 0.566. The maximum absolute atomic E-state index is 14.2. The molecule has 1 aliphatic rings. The Kier molecular flexibility index (Phi) is 5.99. The number of aromatic nitrogens is 1. The van der Waals surface area contributed by atoms with Crippen molar-refractivity contribution in [3.63, 3.8) is 0 Å². The third kappa shape index (κ3) is 4.37. The highest BCUT2D eigenvalue weighted by Crippen LogP contribution is 2.30. The molecule has 0 bridgehead atoms. The number of pyridine rings is 1. The van der Waals surface area contributed by atoms with Crippen LogP contribution in [-0.4, -0.2) is 24.0 Å². The number of aryl methyl sites for hydroxylation is 1. The highest BCUT2D eigenvalue weighted by Gasteiger charge is 2.22. The number of anilines is 2. The molecular formula is C25H22F3N3O. The summed E-state index contributed by atoms with van der Waals surface area (Å²) in [5.41, 5.74) is 3.37. The molecule has 7 heteroatoms. The van der Waals surface area contributed by atoms with Crippen LogP contribution in [0.3, 0.4) is 0 Å². The number of rotatable bonds is 4. The second kappa shape index (κ2) is 8.86. The lowest BCUT2D eigenvalue weighted by Gasteiger charge is -2.31. The van der Waals surface area contributed by atoms with E-state index in [0.29, 0.717) is 30.2 Å². The molecule has 1 aliphatic heterocycles. The first-order chi connectivity index (χ1) is 15.3. The molecule has 0 atom stereocenters.